The second-order valence-corrected chi connectivity index (χ2v) is 18.3. The minimum atomic E-state index is -0.258. The van der Waals surface area contributed by atoms with E-state index < -0.39 is 0 Å². The summed E-state index contributed by atoms with van der Waals surface area (Å²) in [4.78, 5) is 11.4. The molecule has 0 radical (unpaired) electrons. The zero-order valence-corrected chi connectivity index (χ0v) is 38.7. The number of carbonyl (C=O) groups excluding carboxylic acids is 1. The lowest BCUT2D eigenvalue weighted by molar-refractivity contribution is -0.697. The van der Waals surface area contributed by atoms with Gasteiger partial charge in [-0.15, -0.1) is 0 Å². The minimum Gasteiger partial charge on any atom is -0.462 e. The van der Waals surface area contributed by atoms with E-state index in [0.29, 0.717) is 18.1 Å². The fourth-order valence-electron chi connectivity index (χ4n) is 8.52. The third kappa shape index (κ3) is 31.2. The molecule has 2 rings (SSSR count). The maximum atomic E-state index is 11.4. The first-order valence-electron chi connectivity index (χ1n) is 25.6. The van der Waals surface area contributed by atoms with Gasteiger partial charge in [-0.2, -0.15) is 0 Å². The first-order valence-corrected chi connectivity index (χ1v) is 25.6. The van der Waals surface area contributed by atoms with Gasteiger partial charge in [0, 0.05) is 35.6 Å². The van der Waals surface area contributed by atoms with Crippen molar-refractivity contribution in [3.05, 3.63) is 42.2 Å². The molecule has 0 aliphatic carbocycles. The van der Waals surface area contributed by atoms with Gasteiger partial charge >= 0.3 is 5.97 Å². The molecule has 5 heteroatoms. The molecule has 0 amide bonds. The largest absolute Gasteiger partial charge is 0.462 e. The van der Waals surface area contributed by atoms with E-state index in [9.17, 15) is 4.79 Å². The van der Waals surface area contributed by atoms with E-state index in [0.717, 1.165) is 38.2 Å². The van der Waals surface area contributed by atoms with Crippen molar-refractivity contribution in [3.63, 3.8) is 0 Å². The Labute approximate surface area is 360 Å². The summed E-state index contributed by atoms with van der Waals surface area (Å²) < 4.78 is 19.8. The molecule has 0 spiro atoms. The fraction of sp³-hybridized carbons (Fsp3) is 0.849. The Kier molecular flexibility index (Phi) is 35.6. The Balaban J connectivity index is 1.29. The number of nitrogens with zero attached hydrogens (tertiary/aromatic N) is 1. The molecule has 1 aromatic heterocycles. The predicted octanol–water partition coefficient (Wildman–Crippen LogP) is 16.2. The number of aromatic nitrogens is 1. The van der Waals surface area contributed by atoms with Crippen molar-refractivity contribution in [2.45, 2.75) is 264 Å². The molecular formula is C53H96NO4+. The normalized spacial score (nSPS) is 15.6. The number of hydrogen-bond acceptors (Lipinski definition) is 4. The van der Waals surface area contributed by atoms with Gasteiger partial charge in [0.15, 0.2) is 18.7 Å². The van der Waals surface area contributed by atoms with Gasteiger partial charge < -0.3 is 14.2 Å². The van der Waals surface area contributed by atoms with Gasteiger partial charge in [0.1, 0.15) is 6.54 Å². The van der Waals surface area contributed by atoms with Crippen LogP contribution in [0.4, 0.5) is 0 Å². The summed E-state index contributed by atoms with van der Waals surface area (Å²) in [7, 11) is 0. The van der Waals surface area contributed by atoms with Gasteiger partial charge in [-0.25, -0.2) is 9.36 Å². The summed E-state index contributed by atoms with van der Waals surface area (Å²) in [5.74, 6) is 0.295. The number of hydrogen-bond donors (Lipinski definition) is 0. The summed E-state index contributed by atoms with van der Waals surface area (Å²) in [6.45, 7) is 10.9. The smallest absolute Gasteiger partial charge is 0.333 e. The van der Waals surface area contributed by atoms with Crippen LogP contribution in [0.1, 0.15) is 263 Å². The fourth-order valence-corrected chi connectivity index (χ4v) is 8.52. The highest BCUT2D eigenvalue weighted by Gasteiger charge is 2.24. The Morgan fingerprint density at radius 3 is 1.28 bits per heavy atom. The SMILES string of the molecule is C=C(C)C(=O)OCCCCCCCCCCCCCCCCCC[n+]1ccc(C2OCC(CCCCCCCCCCCCCCCCCCCCCC)CO2)cc1. The summed E-state index contributed by atoms with van der Waals surface area (Å²) in [6, 6.07) is 4.39. The Bertz CT molecular complexity index is 1050. The molecule has 0 N–H and O–H groups in total. The van der Waals surface area contributed by atoms with Crippen LogP contribution < -0.4 is 4.57 Å². The van der Waals surface area contributed by atoms with Crippen LogP contribution in [0.5, 0.6) is 0 Å². The number of aryl methyl sites for hydroxylation is 1. The molecule has 0 unspecified atom stereocenters. The van der Waals surface area contributed by atoms with Crippen molar-refractivity contribution < 1.29 is 23.6 Å². The summed E-state index contributed by atoms with van der Waals surface area (Å²) >= 11 is 0. The van der Waals surface area contributed by atoms with Crippen LogP contribution in [0.15, 0.2) is 36.7 Å². The van der Waals surface area contributed by atoms with Gasteiger partial charge in [0.05, 0.1) is 19.8 Å². The molecule has 5 nitrogen and oxygen atoms in total. The first-order chi connectivity index (χ1) is 28.6. The van der Waals surface area contributed by atoms with Gasteiger partial charge in [-0.3, -0.25) is 0 Å². The second kappa shape index (κ2) is 39.4. The first kappa shape index (κ1) is 52.4. The number of carbonyl (C=O) groups is 1. The quantitative estimate of drug-likeness (QED) is 0.0286. The van der Waals surface area contributed by atoms with Crippen LogP contribution >= 0.6 is 0 Å². The molecule has 0 bridgehead atoms. The zero-order chi connectivity index (χ0) is 41.4. The zero-order valence-electron chi connectivity index (χ0n) is 38.7. The summed E-state index contributed by atoms with van der Waals surface area (Å²) in [5, 5.41) is 0. The number of pyridine rings is 1. The molecule has 0 aromatic carbocycles. The molecule has 58 heavy (non-hydrogen) atoms. The Hall–Kier alpha value is -1.72. The minimum absolute atomic E-state index is 0.199. The highest BCUT2D eigenvalue weighted by Crippen LogP contribution is 2.27. The predicted molar refractivity (Wildman–Crippen MR) is 247 cm³/mol. The van der Waals surface area contributed by atoms with Crippen LogP contribution in [0.3, 0.4) is 0 Å². The second-order valence-electron chi connectivity index (χ2n) is 18.3. The van der Waals surface area contributed by atoms with E-state index >= 15 is 0 Å². The van der Waals surface area contributed by atoms with Crippen LogP contribution in [0, 0.1) is 5.92 Å². The molecule has 0 saturated carbocycles. The Morgan fingerprint density at radius 1 is 0.552 bits per heavy atom. The van der Waals surface area contributed by atoms with Crippen molar-refractivity contribution in [1.82, 2.24) is 0 Å². The number of unbranched alkanes of at least 4 members (excludes halogenated alkanes) is 34. The van der Waals surface area contributed by atoms with E-state index in [1.54, 1.807) is 6.92 Å². The molecule has 1 fully saturated rings. The highest BCUT2D eigenvalue weighted by molar-refractivity contribution is 5.86. The Morgan fingerprint density at radius 2 is 0.897 bits per heavy atom. The van der Waals surface area contributed by atoms with Crippen LogP contribution in [-0.4, -0.2) is 25.8 Å². The molecule has 1 aromatic rings. The van der Waals surface area contributed by atoms with E-state index in [-0.39, 0.29) is 12.3 Å². The maximum absolute atomic E-state index is 11.4. The number of esters is 1. The van der Waals surface area contributed by atoms with Crippen LogP contribution in [0.25, 0.3) is 0 Å². The van der Waals surface area contributed by atoms with Gasteiger partial charge in [0.25, 0.3) is 0 Å². The molecule has 1 saturated heterocycles. The van der Waals surface area contributed by atoms with Crippen molar-refractivity contribution in [3.8, 4) is 0 Å². The van der Waals surface area contributed by atoms with E-state index in [4.69, 9.17) is 14.2 Å². The van der Waals surface area contributed by atoms with Crippen molar-refractivity contribution in [1.29, 1.82) is 0 Å². The van der Waals surface area contributed by atoms with E-state index in [1.807, 2.05) is 0 Å². The van der Waals surface area contributed by atoms with E-state index in [1.165, 1.54) is 225 Å². The third-order valence-electron chi connectivity index (χ3n) is 12.5. The lowest BCUT2D eigenvalue weighted by Crippen LogP contribution is -2.33. The topological polar surface area (TPSA) is 48.6 Å². The molecule has 1 aliphatic heterocycles. The van der Waals surface area contributed by atoms with Crippen molar-refractivity contribution >= 4 is 5.97 Å². The van der Waals surface area contributed by atoms with Gasteiger partial charge in [0.2, 0.25) is 0 Å². The molecule has 1 aliphatic rings. The lowest BCUT2D eigenvalue weighted by atomic mass is 10.00. The third-order valence-corrected chi connectivity index (χ3v) is 12.5. The molecule has 2 heterocycles. The average Bonchev–Trinajstić information content (AvgIpc) is 3.24. The number of rotatable bonds is 42. The maximum Gasteiger partial charge on any atom is 0.333 e. The van der Waals surface area contributed by atoms with Gasteiger partial charge in [-0.05, 0) is 26.2 Å². The number of ether oxygens (including phenoxy) is 3. The molecule has 0 atom stereocenters. The van der Waals surface area contributed by atoms with E-state index in [2.05, 4.69) is 42.6 Å². The average molecular weight is 811 g/mol. The lowest BCUT2D eigenvalue weighted by Gasteiger charge is -2.29. The van der Waals surface area contributed by atoms with Crippen molar-refractivity contribution in [2.24, 2.45) is 5.92 Å². The highest BCUT2D eigenvalue weighted by atomic mass is 16.7. The molecular weight excluding hydrogens is 715 g/mol. The standard InChI is InChI=1S/C53H96NO4/c1-4-5-6-7-8-9-10-11-12-13-14-15-16-19-22-25-28-31-34-37-40-50-47-57-53(58-48-50)51-41-44-54(45-42-51)43-38-35-32-29-26-23-20-17-18-21-24-27-30-33-36-39-46-56-52(55)49(2)3/h41-42,44-45,50,53H,2,4-40,43,46-48H2,1,3H3/q+1. The van der Waals surface area contributed by atoms with Crippen molar-refractivity contribution in [2.75, 3.05) is 19.8 Å². The summed E-state index contributed by atoms with van der Waals surface area (Å²) in [5.41, 5.74) is 1.64. The van der Waals surface area contributed by atoms with Gasteiger partial charge in [-0.1, -0.05) is 225 Å². The summed E-state index contributed by atoms with van der Waals surface area (Å²) in [6.07, 6.45) is 55.3. The monoisotopic (exact) mass is 811 g/mol. The molecule has 336 valence electrons. The van der Waals surface area contributed by atoms with Crippen LogP contribution in [0.2, 0.25) is 0 Å². The van der Waals surface area contributed by atoms with Crippen LogP contribution in [-0.2, 0) is 25.5 Å².